The van der Waals surface area contributed by atoms with Crippen molar-refractivity contribution in [3.8, 4) is 38.4 Å². The van der Waals surface area contributed by atoms with Crippen LogP contribution in [0, 0.1) is 6.92 Å². The number of nitrogens with one attached hydrogen (secondary N) is 1. The summed E-state index contributed by atoms with van der Waals surface area (Å²) in [7, 11) is 1.65. The number of aryl methyl sites for hydroxylation is 1. The molecule has 8 nitrogen and oxygen atoms in total. The number of thioether (sulfide) groups is 1. The number of nitrogens with zero attached hydrogens (tertiary/aromatic N) is 3. The average molecular weight is 493 g/mol. The Labute approximate surface area is 204 Å². The Balaban J connectivity index is 1.23. The molecule has 2 aromatic heterocycles. The van der Waals surface area contributed by atoms with Crippen molar-refractivity contribution in [2.45, 2.75) is 11.9 Å². The lowest BCUT2D eigenvalue weighted by molar-refractivity contribution is -0.113. The third-order valence-corrected chi connectivity index (χ3v) is 7.15. The van der Waals surface area contributed by atoms with Gasteiger partial charge in [-0.2, -0.15) is 0 Å². The third-order valence-electron chi connectivity index (χ3n) is 5.01. The number of anilines is 1. The van der Waals surface area contributed by atoms with E-state index in [0.717, 1.165) is 32.6 Å². The number of para-hydroxylation sites is 1. The predicted octanol–water partition coefficient (Wildman–Crippen LogP) is 5.04. The van der Waals surface area contributed by atoms with Crippen molar-refractivity contribution < 1.29 is 19.0 Å². The molecule has 1 amide bonds. The Morgan fingerprint density at radius 1 is 1.12 bits per heavy atom. The largest absolute Gasteiger partial charge is 0.496 e. The van der Waals surface area contributed by atoms with Crippen LogP contribution in [-0.2, 0) is 4.79 Å². The molecule has 0 unspecified atom stereocenters. The van der Waals surface area contributed by atoms with Gasteiger partial charge in [0, 0.05) is 11.8 Å². The number of hydrogen-bond donors (Lipinski definition) is 1. The molecule has 1 N–H and O–H groups in total. The van der Waals surface area contributed by atoms with E-state index in [-0.39, 0.29) is 18.5 Å². The molecule has 0 saturated carbocycles. The zero-order chi connectivity index (χ0) is 23.5. The fraction of sp³-hybridized carbons (Fsp3) is 0.167. The Morgan fingerprint density at radius 3 is 2.79 bits per heavy atom. The number of ether oxygens (including phenoxy) is 3. The summed E-state index contributed by atoms with van der Waals surface area (Å²) in [5.74, 6) is 2.14. The summed E-state index contributed by atoms with van der Waals surface area (Å²) >= 11 is 2.86. The van der Waals surface area contributed by atoms with E-state index in [0.29, 0.717) is 22.2 Å². The molecule has 2 aromatic carbocycles. The highest BCUT2D eigenvalue weighted by Crippen LogP contribution is 2.38. The minimum absolute atomic E-state index is 0.144. The summed E-state index contributed by atoms with van der Waals surface area (Å²) in [5, 5.41) is 13.0. The van der Waals surface area contributed by atoms with Crippen LogP contribution in [0.5, 0.6) is 17.2 Å². The number of hydrogen-bond acceptors (Lipinski definition) is 9. The quantitative estimate of drug-likeness (QED) is 0.359. The first-order valence-corrected chi connectivity index (χ1v) is 12.2. The summed E-state index contributed by atoms with van der Waals surface area (Å²) in [5.41, 5.74) is 3.22. The molecular weight excluding hydrogens is 472 g/mol. The second kappa shape index (κ2) is 9.70. The maximum absolute atomic E-state index is 12.3. The molecule has 4 aromatic rings. The summed E-state index contributed by atoms with van der Waals surface area (Å²) < 4.78 is 16.1. The maximum Gasteiger partial charge on any atom is 0.234 e. The second-order valence-corrected chi connectivity index (χ2v) is 9.29. The van der Waals surface area contributed by atoms with Crippen molar-refractivity contribution in [1.82, 2.24) is 15.2 Å². The van der Waals surface area contributed by atoms with Gasteiger partial charge in [0.1, 0.15) is 21.5 Å². The van der Waals surface area contributed by atoms with Crippen LogP contribution < -0.4 is 19.5 Å². The number of thiazole rings is 1. The predicted molar refractivity (Wildman–Crippen MR) is 132 cm³/mol. The first-order chi connectivity index (χ1) is 16.6. The van der Waals surface area contributed by atoms with Gasteiger partial charge in [-0.1, -0.05) is 23.9 Å². The number of amides is 1. The van der Waals surface area contributed by atoms with E-state index in [1.807, 2.05) is 43.3 Å². The summed E-state index contributed by atoms with van der Waals surface area (Å²) in [6.07, 6.45) is 0. The van der Waals surface area contributed by atoms with Crippen molar-refractivity contribution in [2.75, 3.05) is 25.0 Å². The topological polar surface area (TPSA) is 95.5 Å². The van der Waals surface area contributed by atoms with Crippen LogP contribution >= 0.6 is 23.1 Å². The van der Waals surface area contributed by atoms with Gasteiger partial charge in [-0.05, 0) is 43.3 Å². The fourth-order valence-corrected chi connectivity index (χ4v) is 5.07. The van der Waals surface area contributed by atoms with E-state index in [4.69, 9.17) is 19.2 Å². The molecule has 34 heavy (non-hydrogen) atoms. The highest BCUT2D eigenvalue weighted by Gasteiger charge is 2.17. The highest BCUT2D eigenvalue weighted by molar-refractivity contribution is 7.99. The van der Waals surface area contributed by atoms with Gasteiger partial charge < -0.3 is 19.5 Å². The molecule has 0 spiro atoms. The lowest BCUT2D eigenvalue weighted by atomic mass is 10.2. The summed E-state index contributed by atoms with van der Waals surface area (Å²) in [6, 6.07) is 16.9. The minimum Gasteiger partial charge on any atom is -0.496 e. The number of rotatable bonds is 7. The van der Waals surface area contributed by atoms with Gasteiger partial charge in [-0.25, -0.2) is 4.98 Å². The molecule has 0 saturated heterocycles. The molecule has 3 heterocycles. The number of carbonyl (C=O) groups is 1. The number of fused-ring (bicyclic) bond motifs is 1. The number of methoxy groups -OCH3 is 1. The Hall–Kier alpha value is -3.63. The van der Waals surface area contributed by atoms with Crippen molar-refractivity contribution in [3.05, 3.63) is 60.3 Å². The Kier molecular flexibility index (Phi) is 6.33. The Morgan fingerprint density at radius 2 is 1.97 bits per heavy atom. The molecule has 10 heteroatoms. The smallest absolute Gasteiger partial charge is 0.234 e. The van der Waals surface area contributed by atoms with Gasteiger partial charge in [0.05, 0.1) is 29.0 Å². The van der Waals surface area contributed by atoms with E-state index in [2.05, 4.69) is 15.5 Å². The van der Waals surface area contributed by atoms with Crippen LogP contribution in [-0.4, -0.2) is 40.7 Å². The third kappa shape index (κ3) is 4.68. The monoisotopic (exact) mass is 492 g/mol. The fourth-order valence-electron chi connectivity index (χ4n) is 3.40. The molecule has 0 aliphatic carbocycles. The molecular formula is C24H20N4O4S2. The Bertz CT molecular complexity index is 1340. The molecule has 1 aliphatic heterocycles. The molecule has 0 bridgehead atoms. The molecule has 0 atom stereocenters. The van der Waals surface area contributed by atoms with E-state index in [9.17, 15) is 4.79 Å². The van der Waals surface area contributed by atoms with E-state index in [1.165, 1.54) is 11.8 Å². The average Bonchev–Trinajstić information content (AvgIpc) is 3.49. The van der Waals surface area contributed by atoms with Crippen molar-refractivity contribution in [2.24, 2.45) is 0 Å². The summed E-state index contributed by atoms with van der Waals surface area (Å²) in [4.78, 5) is 18.0. The molecule has 5 rings (SSSR count). The van der Waals surface area contributed by atoms with E-state index >= 15 is 0 Å². The molecule has 172 valence electrons. The van der Waals surface area contributed by atoms with Crippen LogP contribution in [0.1, 0.15) is 5.69 Å². The van der Waals surface area contributed by atoms with Gasteiger partial charge >= 0.3 is 0 Å². The lowest BCUT2D eigenvalue weighted by Crippen LogP contribution is -2.14. The molecule has 0 fully saturated rings. The SMILES string of the molecule is COc1ccccc1-c1nc(C)c(-c2ccc(SCC(=O)Nc3ccc4c(c3)OCO4)nn2)s1. The van der Waals surface area contributed by atoms with E-state index in [1.54, 1.807) is 36.6 Å². The molecule has 0 radical (unpaired) electrons. The van der Waals surface area contributed by atoms with Gasteiger partial charge in [0.25, 0.3) is 0 Å². The van der Waals surface area contributed by atoms with Crippen molar-refractivity contribution >= 4 is 34.7 Å². The maximum atomic E-state index is 12.3. The number of benzene rings is 2. The first kappa shape index (κ1) is 22.2. The standard InChI is InChI=1S/C24H20N4O4S2/c1-14-23(34-24(25-14)16-5-3-4-6-18(16)30-2)17-8-10-22(28-27-17)33-12-21(29)26-15-7-9-19-20(11-15)32-13-31-19/h3-11H,12-13H2,1-2H3,(H,26,29). The molecule has 1 aliphatic rings. The van der Waals surface area contributed by atoms with Crippen LogP contribution in [0.3, 0.4) is 0 Å². The lowest BCUT2D eigenvalue weighted by Gasteiger charge is -2.06. The van der Waals surface area contributed by atoms with Gasteiger partial charge in [-0.15, -0.1) is 21.5 Å². The van der Waals surface area contributed by atoms with Gasteiger partial charge in [0.2, 0.25) is 12.7 Å². The van der Waals surface area contributed by atoms with Gasteiger partial charge in [-0.3, -0.25) is 4.79 Å². The van der Waals surface area contributed by atoms with Crippen molar-refractivity contribution in [1.29, 1.82) is 0 Å². The second-order valence-electron chi connectivity index (χ2n) is 7.30. The normalized spacial score (nSPS) is 11.9. The van der Waals surface area contributed by atoms with Crippen LogP contribution in [0.15, 0.2) is 59.6 Å². The first-order valence-electron chi connectivity index (χ1n) is 10.4. The number of carbonyl (C=O) groups excluding carboxylic acids is 1. The zero-order valence-electron chi connectivity index (χ0n) is 18.4. The van der Waals surface area contributed by atoms with E-state index < -0.39 is 0 Å². The van der Waals surface area contributed by atoms with Crippen LogP contribution in [0.4, 0.5) is 5.69 Å². The van der Waals surface area contributed by atoms with Crippen molar-refractivity contribution in [3.63, 3.8) is 0 Å². The van der Waals surface area contributed by atoms with Crippen LogP contribution in [0.25, 0.3) is 21.1 Å². The van der Waals surface area contributed by atoms with Gasteiger partial charge in [0.15, 0.2) is 11.5 Å². The highest BCUT2D eigenvalue weighted by atomic mass is 32.2. The number of aromatic nitrogens is 3. The van der Waals surface area contributed by atoms with Crippen LogP contribution in [0.2, 0.25) is 0 Å². The summed E-state index contributed by atoms with van der Waals surface area (Å²) in [6.45, 7) is 2.15. The zero-order valence-corrected chi connectivity index (χ0v) is 20.0. The minimum atomic E-state index is -0.144.